The summed E-state index contributed by atoms with van der Waals surface area (Å²) < 4.78 is 9.55. The van der Waals surface area contributed by atoms with Gasteiger partial charge in [0.15, 0.2) is 5.58 Å². The summed E-state index contributed by atoms with van der Waals surface area (Å²) in [6.45, 7) is 5.63. The van der Waals surface area contributed by atoms with E-state index in [0.717, 1.165) is 74.2 Å². The van der Waals surface area contributed by atoms with E-state index in [2.05, 4.69) is 162 Å². The summed E-state index contributed by atoms with van der Waals surface area (Å²) >= 11 is 0. The van der Waals surface area contributed by atoms with Crippen LogP contribution in [0, 0.1) is 5.41 Å². The number of aromatic nitrogens is 1. The molecule has 3 aromatic carbocycles. The van der Waals surface area contributed by atoms with E-state index in [4.69, 9.17) is 9.41 Å². The Balaban J connectivity index is 1.06. The van der Waals surface area contributed by atoms with Crippen LogP contribution in [0.5, 0.6) is 0 Å². The predicted molar refractivity (Wildman–Crippen MR) is 240 cm³/mol. The number of nitrogens with zero attached hydrogens (tertiary/aromatic N) is 2. The third-order valence-corrected chi connectivity index (χ3v) is 13.9. The van der Waals surface area contributed by atoms with Crippen LogP contribution in [0.15, 0.2) is 153 Å². The average molecular weight is 764 g/mol. The molecule has 0 saturated heterocycles. The van der Waals surface area contributed by atoms with E-state index in [1.54, 1.807) is 0 Å². The smallest absolute Gasteiger partial charge is 0.159 e. The molecule has 4 heterocycles. The molecule has 2 aromatic heterocycles. The van der Waals surface area contributed by atoms with Crippen LogP contribution >= 0.6 is 0 Å². The van der Waals surface area contributed by atoms with Gasteiger partial charge in [-0.2, -0.15) is 0 Å². The van der Waals surface area contributed by atoms with E-state index in [1.165, 1.54) is 67.9 Å². The number of hydrogen-bond acceptors (Lipinski definition) is 5. The normalized spacial score (nSPS) is 28.4. The van der Waals surface area contributed by atoms with Gasteiger partial charge in [0.1, 0.15) is 23.4 Å². The van der Waals surface area contributed by atoms with Crippen molar-refractivity contribution in [2.45, 2.75) is 95.5 Å². The van der Waals surface area contributed by atoms with E-state index in [9.17, 15) is 0 Å². The van der Waals surface area contributed by atoms with Gasteiger partial charge in [-0.15, -0.1) is 0 Å². The Morgan fingerprint density at radius 2 is 1.69 bits per heavy atom. The van der Waals surface area contributed by atoms with Gasteiger partial charge in [-0.3, -0.25) is 5.32 Å². The summed E-state index contributed by atoms with van der Waals surface area (Å²) in [6.07, 6.45) is 32.8. The molecular weight excluding hydrogens is 711 g/mol. The third-order valence-electron chi connectivity index (χ3n) is 13.9. The zero-order chi connectivity index (χ0) is 38.8. The number of hydrogen-bond donors (Lipinski definition) is 3. The summed E-state index contributed by atoms with van der Waals surface area (Å²) in [5.41, 5.74) is 10.7. The van der Waals surface area contributed by atoms with Crippen molar-refractivity contribution in [2.24, 2.45) is 10.4 Å². The predicted octanol–water partition coefficient (Wildman–Crippen LogP) is 11.3. The van der Waals surface area contributed by atoms with E-state index >= 15 is 0 Å². The minimum absolute atomic E-state index is 0.0596. The zero-order valence-electron chi connectivity index (χ0n) is 33.7. The maximum Gasteiger partial charge on any atom is 0.159 e. The molecule has 11 rings (SSSR count). The van der Waals surface area contributed by atoms with Crippen molar-refractivity contribution in [3.63, 3.8) is 0 Å². The van der Waals surface area contributed by atoms with Gasteiger partial charge in [0, 0.05) is 57.2 Å². The van der Waals surface area contributed by atoms with Crippen LogP contribution < -0.4 is 16.0 Å². The van der Waals surface area contributed by atoms with Gasteiger partial charge in [0.2, 0.25) is 0 Å². The van der Waals surface area contributed by atoms with Crippen LogP contribution in [0.25, 0.3) is 38.9 Å². The van der Waals surface area contributed by atoms with E-state index < -0.39 is 11.1 Å². The van der Waals surface area contributed by atoms with Gasteiger partial charge in [0.05, 0.1) is 11.6 Å². The minimum atomic E-state index is -0.425. The van der Waals surface area contributed by atoms with Crippen LogP contribution in [0.4, 0.5) is 0 Å². The molecule has 5 atom stereocenters. The van der Waals surface area contributed by atoms with Crippen molar-refractivity contribution in [3.8, 4) is 0 Å². The molecule has 0 fully saturated rings. The fourth-order valence-electron chi connectivity index (χ4n) is 10.9. The number of fused-ring (bicyclic) bond motifs is 7. The molecule has 5 aromatic rings. The number of allylic oxidation sites excluding steroid dienone is 8. The molecule has 6 heteroatoms. The van der Waals surface area contributed by atoms with Crippen molar-refractivity contribution < 1.29 is 4.42 Å². The van der Waals surface area contributed by atoms with Crippen molar-refractivity contribution in [3.05, 3.63) is 161 Å². The van der Waals surface area contributed by atoms with E-state index in [0.29, 0.717) is 0 Å². The number of nitrogens with one attached hydrogen (secondary N) is 3. The van der Waals surface area contributed by atoms with Crippen LogP contribution in [0.1, 0.15) is 88.1 Å². The number of aliphatic imine (C=N–C) groups is 1. The Morgan fingerprint density at radius 3 is 2.52 bits per heavy atom. The SMILES string of the molecule is CC1(C2=CCCCC2)NC(c2ccccc2)=NC(C2(C)C=C(C3=CC=CCC3)CNC2C2=Cc3c(oc4c3ccc3c5ccccc5n(C5C=CC=CC5)c34)CC2)N1. The Bertz CT molecular complexity index is 2710. The number of furan rings is 1. The van der Waals surface area contributed by atoms with E-state index in [-0.39, 0.29) is 18.2 Å². The van der Waals surface area contributed by atoms with Crippen molar-refractivity contribution >= 4 is 44.7 Å². The first-order chi connectivity index (χ1) is 28.5. The Kier molecular flexibility index (Phi) is 8.71. The summed E-state index contributed by atoms with van der Waals surface area (Å²) in [7, 11) is 0. The quantitative estimate of drug-likeness (QED) is 0.151. The van der Waals surface area contributed by atoms with Gasteiger partial charge in [-0.1, -0.05) is 128 Å². The first kappa shape index (κ1) is 35.7. The topological polar surface area (TPSA) is 66.5 Å². The van der Waals surface area contributed by atoms with Gasteiger partial charge >= 0.3 is 0 Å². The molecule has 3 N–H and O–H groups in total. The summed E-state index contributed by atoms with van der Waals surface area (Å²) in [6, 6.07) is 24.5. The largest absolute Gasteiger partial charge is 0.458 e. The second-order valence-electron chi connectivity index (χ2n) is 17.6. The molecule has 58 heavy (non-hydrogen) atoms. The molecular formula is C52H53N5O. The molecule has 292 valence electrons. The molecule has 5 unspecified atom stereocenters. The van der Waals surface area contributed by atoms with Gasteiger partial charge < -0.3 is 19.6 Å². The van der Waals surface area contributed by atoms with Crippen molar-refractivity contribution in [1.82, 2.24) is 20.5 Å². The second-order valence-corrected chi connectivity index (χ2v) is 17.6. The molecule has 6 nitrogen and oxygen atoms in total. The highest BCUT2D eigenvalue weighted by Gasteiger charge is 2.49. The standard InChI is InChI=1S/C52H53N5O/c1-51(50-54-49(35-19-9-4-10-20-35)55-52(2,56-50)38-21-11-5-12-22-38)32-37(34-17-7-3-8-18-34)33-53-48(51)36-27-30-45-43(31-36)42-29-28-41-40-25-15-16-26-44(40)57(46(41)47(42)58-45)39-23-13-6-14-24-39/h3-4,6-7,9-10,13-17,19-21,23,25-26,28-29,31-32,39,48,50,53,56H,5,8,11-12,18,22,24,27,30,33H2,1-2H3,(H,54,55). The molecule has 4 aliphatic carbocycles. The highest BCUT2D eigenvalue weighted by molar-refractivity contribution is 6.17. The minimum Gasteiger partial charge on any atom is -0.458 e. The lowest BCUT2D eigenvalue weighted by Gasteiger charge is -2.51. The zero-order valence-corrected chi connectivity index (χ0v) is 33.7. The van der Waals surface area contributed by atoms with Gasteiger partial charge in [-0.25, -0.2) is 4.99 Å². The molecule has 6 aliphatic rings. The van der Waals surface area contributed by atoms with Gasteiger partial charge in [0.25, 0.3) is 0 Å². The summed E-state index contributed by atoms with van der Waals surface area (Å²) in [5, 5.41) is 16.0. The van der Waals surface area contributed by atoms with Gasteiger partial charge in [-0.05, 0) is 87.1 Å². The first-order valence-electron chi connectivity index (χ1n) is 21.7. The molecule has 0 spiro atoms. The molecule has 2 aliphatic heterocycles. The number of para-hydroxylation sites is 1. The maximum absolute atomic E-state index is 7.02. The van der Waals surface area contributed by atoms with Crippen LogP contribution in [-0.4, -0.2) is 34.8 Å². The third kappa shape index (κ3) is 5.86. The van der Waals surface area contributed by atoms with E-state index in [1.807, 2.05) is 0 Å². The highest BCUT2D eigenvalue weighted by Crippen LogP contribution is 2.47. The lowest BCUT2D eigenvalue weighted by molar-refractivity contribution is 0.166. The molecule has 0 amide bonds. The highest BCUT2D eigenvalue weighted by atomic mass is 16.3. The van der Waals surface area contributed by atoms with Crippen LogP contribution in [0.2, 0.25) is 0 Å². The number of aryl methyl sites for hydroxylation is 1. The van der Waals surface area contributed by atoms with Crippen LogP contribution in [0.3, 0.4) is 0 Å². The maximum atomic E-state index is 7.02. The Labute approximate surface area is 341 Å². The second kappa shape index (κ2) is 14.1. The fraction of sp³-hybridized carbons (Fsp3) is 0.327. The lowest BCUT2D eigenvalue weighted by atomic mass is 9.69. The number of amidine groups is 1. The monoisotopic (exact) mass is 763 g/mol. The average Bonchev–Trinajstić information content (AvgIpc) is 3.83. The number of benzene rings is 3. The fourth-order valence-corrected chi connectivity index (χ4v) is 10.9. The molecule has 0 saturated carbocycles. The Morgan fingerprint density at radius 1 is 0.810 bits per heavy atom. The van der Waals surface area contributed by atoms with Crippen molar-refractivity contribution in [2.75, 3.05) is 6.54 Å². The number of rotatable bonds is 6. The lowest BCUT2D eigenvalue weighted by Crippen LogP contribution is -2.69. The molecule has 0 radical (unpaired) electrons. The summed E-state index contributed by atoms with van der Waals surface area (Å²) in [4.78, 5) is 5.65. The Hall–Kier alpha value is -5.43. The van der Waals surface area contributed by atoms with Crippen molar-refractivity contribution in [1.29, 1.82) is 0 Å². The summed E-state index contributed by atoms with van der Waals surface area (Å²) in [5.74, 6) is 2.05. The first-order valence-corrected chi connectivity index (χ1v) is 21.7. The molecule has 0 bridgehead atoms. The van der Waals surface area contributed by atoms with Crippen LogP contribution in [-0.2, 0) is 6.42 Å².